The van der Waals surface area contributed by atoms with E-state index in [1.54, 1.807) is 0 Å². The molecular weight excluding hydrogens is 232 g/mol. The number of aromatic nitrogens is 2. The fourth-order valence-electron chi connectivity index (χ4n) is 1.96. The number of hydrogen-bond donors (Lipinski definition) is 2. The minimum atomic E-state index is 0.110. The summed E-state index contributed by atoms with van der Waals surface area (Å²) < 4.78 is 5.64. The number of rotatable bonds is 7. The third-order valence-corrected chi connectivity index (χ3v) is 3.22. The Balaban J connectivity index is 1.97. The van der Waals surface area contributed by atoms with E-state index in [-0.39, 0.29) is 6.61 Å². The SMILES string of the molecule is CC(C)NCc1nnc(N(CCO)C2CCC2)o1. The molecule has 1 saturated carbocycles. The maximum Gasteiger partial charge on any atom is 0.318 e. The Bertz CT molecular complexity index is 363. The third kappa shape index (κ3) is 3.20. The Morgan fingerprint density at radius 3 is 2.78 bits per heavy atom. The maximum absolute atomic E-state index is 9.11. The van der Waals surface area contributed by atoms with E-state index < -0.39 is 0 Å². The van der Waals surface area contributed by atoms with Gasteiger partial charge in [-0.3, -0.25) is 0 Å². The molecule has 1 heterocycles. The predicted molar refractivity (Wildman–Crippen MR) is 68.3 cm³/mol. The summed E-state index contributed by atoms with van der Waals surface area (Å²) in [4.78, 5) is 2.02. The van der Waals surface area contributed by atoms with Crippen molar-refractivity contribution in [2.75, 3.05) is 18.1 Å². The maximum atomic E-state index is 9.11. The molecule has 0 aliphatic heterocycles. The van der Waals surface area contributed by atoms with Gasteiger partial charge in [0.2, 0.25) is 5.89 Å². The fraction of sp³-hybridized carbons (Fsp3) is 0.833. The molecule has 6 heteroatoms. The molecule has 0 bridgehead atoms. The second-order valence-electron chi connectivity index (χ2n) is 5.02. The van der Waals surface area contributed by atoms with E-state index in [0.717, 1.165) is 12.8 Å². The number of aliphatic hydroxyl groups excluding tert-OH is 1. The van der Waals surface area contributed by atoms with E-state index in [2.05, 4.69) is 29.4 Å². The molecule has 1 aliphatic rings. The second-order valence-corrected chi connectivity index (χ2v) is 5.02. The number of aliphatic hydroxyl groups is 1. The minimum absolute atomic E-state index is 0.110. The van der Waals surface area contributed by atoms with Crippen molar-refractivity contribution >= 4 is 6.01 Å². The molecule has 0 aromatic carbocycles. The lowest BCUT2D eigenvalue weighted by atomic mass is 9.92. The van der Waals surface area contributed by atoms with Crippen LogP contribution < -0.4 is 10.2 Å². The molecule has 1 aliphatic carbocycles. The van der Waals surface area contributed by atoms with Crippen LogP contribution in [0, 0.1) is 0 Å². The van der Waals surface area contributed by atoms with Crippen LogP contribution in [0.15, 0.2) is 4.42 Å². The highest BCUT2D eigenvalue weighted by molar-refractivity contribution is 5.27. The van der Waals surface area contributed by atoms with Crippen LogP contribution in [0.3, 0.4) is 0 Å². The highest BCUT2D eigenvalue weighted by Gasteiger charge is 2.28. The zero-order chi connectivity index (χ0) is 13.0. The minimum Gasteiger partial charge on any atom is -0.407 e. The van der Waals surface area contributed by atoms with E-state index in [1.807, 2.05) is 4.90 Å². The predicted octanol–water partition coefficient (Wildman–Crippen LogP) is 0.919. The second kappa shape index (κ2) is 6.15. The molecule has 1 aromatic heterocycles. The molecule has 0 spiro atoms. The van der Waals surface area contributed by atoms with Crippen molar-refractivity contribution in [3.63, 3.8) is 0 Å². The number of nitrogens with one attached hydrogen (secondary N) is 1. The van der Waals surface area contributed by atoms with Gasteiger partial charge >= 0.3 is 6.01 Å². The molecule has 1 aromatic rings. The summed E-state index contributed by atoms with van der Waals surface area (Å²) in [5.74, 6) is 0.598. The van der Waals surface area contributed by atoms with E-state index in [9.17, 15) is 0 Å². The Morgan fingerprint density at radius 2 is 2.22 bits per heavy atom. The quantitative estimate of drug-likeness (QED) is 0.753. The third-order valence-electron chi connectivity index (χ3n) is 3.22. The van der Waals surface area contributed by atoms with Gasteiger partial charge in [-0.25, -0.2) is 0 Å². The van der Waals surface area contributed by atoms with Crippen molar-refractivity contribution in [1.82, 2.24) is 15.5 Å². The summed E-state index contributed by atoms with van der Waals surface area (Å²) in [6, 6.07) is 1.37. The van der Waals surface area contributed by atoms with Crippen LogP contribution in [-0.4, -0.2) is 40.5 Å². The van der Waals surface area contributed by atoms with Crippen LogP contribution in [0.2, 0.25) is 0 Å². The number of nitrogens with zero attached hydrogens (tertiary/aromatic N) is 3. The highest BCUT2D eigenvalue weighted by atomic mass is 16.4. The number of hydrogen-bond acceptors (Lipinski definition) is 6. The zero-order valence-corrected chi connectivity index (χ0v) is 11.1. The summed E-state index contributed by atoms with van der Waals surface area (Å²) in [5, 5.41) is 20.4. The molecule has 0 unspecified atom stereocenters. The monoisotopic (exact) mass is 254 g/mol. The van der Waals surface area contributed by atoms with Gasteiger partial charge < -0.3 is 19.7 Å². The molecule has 0 amide bonds. The topological polar surface area (TPSA) is 74.4 Å². The first-order valence-corrected chi connectivity index (χ1v) is 6.64. The summed E-state index contributed by atoms with van der Waals surface area (Å²) in [7, 11) is 0. The molecule has 2 N–H and O–H groups in total. The van der Waals surface area contributed by atoms with E-state index in [1.165, 1.54) is 6.42 Å². The van der Waals surface area contributed by atoms with E-state index >= 15 is 0 Å². The molecule has 0 radical (unpaired) electrons. The van der Waals surface area contributed by atoms with Gasteiger partial charge in [-0.05, 0) is 19.3 Å². The van der Waals surface area contributed by atoms with Gasteiger partial charge in [-0.2, -0.15) is 0 Å². The van der Waals surface area contributed by atoms with Crippen LogP contribution >= 0.6 is 0 Å². The van der Waals surface area contributed by atoms with Crippen LogP contribution in [0.1, 0.15) is 39.0 Å². The molecule has 0 saturated heterocycles. The van der Waals surface area contributed by atoms with Gasteiger partial charge in [-0.15, -0.1) is 5.10 Å². The van der Waals surface area contributed by atoms with Gasteiger partial charge in [0.05, 0.1) is 13.2 Å². The van der Waals surface area contributed by atoms with E-state index in [4.69, 9.17) is 9.52 Å². The Kier molecular flexibility index (Phi) is 4.54. The van der Waals surface area contributed by atoms with E-state index in [0.29, 0.717) is 37.1 Å². The summed E-state index contributed by atoms with van der Waals surface area (Å²) in [5.41, 5.74) is 0. The first-order valence-electron chi connectivity index (χ1n) is 6.64. The standard InChI is InChI=1S/C12H22N4O2/c1-9(2)13-8-11-14-15-12(18-11)16(6-7-17)10-4-3-5-10/h9-10,13,17H,3-8H2,1-2H3. The normalized spacial score (nSPS) is 16.0. The highest BCUT2D eigenvalue weighted by Crippen LogP contribution is 2.28. The first-order chi connectivity index (χ1) is 8.70. The van der Waals surface area contributed by atoms with Gasteiger partial charge in [0.25, 0.3) is 0 Å². The average Bonchev–Trinajstić information content (AvgIpc) is 2.71. The summed E-state index contributed by atoms with van der Waals surface area (Å²) in [6.45, 7) is 5.40. The lowest BCUT2D eigenvalue weighted by Crippen LogP contribution is -2.42. The lowest BCUT2D eigenvalue weighted by Gasteiger charge is -2.35. The van der Waals surface area contributed by atoms with Gasteiger partial charge in [-0.1, -0.05) is 18.9 Å². The van der Waals surface area contributed by atoms with Gasteiger partial charge in [0.1, 0.15) is 0 Å². The van der Waals surface area contributed by atoms with Crippen LogP contribution in [-0.2, 0) is 6.54 Å². The Hall–Kier alpha value is -1.14. The van der Waals surface area contributed by atoms with Crippen LogP contribution in [0.5, 0.6) is 0 Å². The van der Waals surface area contributed by atoms with Crippen molar-refractivity contribution in [3.05, 3.63) is 5.89 Å². The fourth-order valence-corrected chi connectivity index (χ4v) is 1.96. The van der Waals surface area contributed by atoms with Crippen molar-refractivity contribution < 1.29 is 9.52 Å². The molecular formula is C12H22N4O2. The molecule has 2 rings (SSSR count). The molecule has 18 heavy (non-hydrogen) atoms. The Labute approximate surface area is 107 Å². The molecule has 6 nitrogen and oxygen atoms in total. The summed E-state index contributed by atoms with van der Waals surface area (Å²) in [6.07, 6.45) is 3.52. The molecule has 1 fully saturated rings. The molecule has 102 valence electrons. The number of anilines is 1. The first kappa shape index (κ1) is 13.3. The smallest absolute Gasteiger partial charge is 0.318 e. The van der Waals surface area contributed by atoms with Crippen molar-refractivity contribution in [2.24, 2.45) is 0 Å². The van der Waals surface area contributed by atoms with Gasteiger partial charge in [0.15, 0.2) is 0 Å². The lowest BCUT2D eigenvalue weighted by molar-refractivity contribution is 0.275. The largest absolute Gasteiger partial charge is 0.407 e. The van der Waals surface area contributed by atoms with Crippen LogP contribution in [0.25, 0.3) is 0 Å². The van der Waals surface area contributed by atoms with Crippen molar-refractivity contribution in [1.29, 1.82) is 0 Å². The molecule has 0 atom stereocenters. The summed E-state index contributed by atoms with van der Waals surface area (Å²) >= 11 is 0. The Morgan fingerprint density at radius 1 is 1.44 bits per heavy atom. The zero-order valence-electron chi connectivity index (χ0n) is 11.1. The average molecular weight is 254 g/mol. The van der Waals surface area contributed by atoms with Crippen molar-refractivity contribution in [3.8, 4) is 0 Å². The van der Waals surface area contributed by atoms with Crippen LogP contribution in [0.4, 0.5) is 6.01 Å². The van der Waals surface area contributed by atoms with Crippen molar-refractivity contribution in [2.45, 2.75) is 51.7 Å². The van der Waals surface area contributed by atoms with Gasteiger partial charge in [0, 0.05) is 18.6 Å².